The molecule has 0 bridgehead atoms. The maximum absolute atomic E-state index is 13.0. The summed E-state index contributed by atoms with van der Waals surface area (Å²) in [6.07, 6.45) is 6.13. The molecule has 2 aliphatic rings. The van der Waals surface area contributed by atoms with Gasteiger partial charge in [-0.25, -0.2) is 4.39 Å². The van der Waals surface area contributed by atoms with Gasteiger partial charge in [-0.3, -0.25) is 4.79 Å². The number of nitrogens with zero attached hydrogens (tertiary/aromatic N) is 1. The van der Waals surface area contributed by atoms with E-state index in [-0.39, 0.29) is 17.8 Å². The second-order valence-electron chi connectivity index (χ2n) is 5.35. The number of amides is 1. The first-order valence-corrected chi connectivity index (χ1v) is 6.82. The zero-order valence-electron chi connectivity index (χ0n) is 10.4. The van der Waals surface area contributed by atoms with Gasteiger partial charge < -0.3 is 4.90 Å². The Kier molecular flexibility index (Phi) is 3.06. The van der Waals surface area contributed by atoms with E-state index in [4.69, 9.17) is 0 Å². The van der Waals surface area contributed by atoms with Gasteiger partial charge in [-0.15, -0.1) is 0 Å². The van der Waals surface area contributed by atoms with Crippen LogP contribution >= 0.6 is 0 Å². The Morgan fingerprint density at radius 1 is 1.06 bits per heavy atom. The second kappa shape index (κ2) is 4.71. The van der Waals surface area contributed by atoms with Crippen molar-refractivity contribution in [2.24, 2.45) is 0 Å². The third kappa shape index (κ3) is 2.02. The fourth-order valence-corrected chi connectivity index (χ4v) is 3.37. The standard InChI is InChI=1S/C15H18FNO/c16-12-9-7-11(8-10-12)14-5-1-3-13-4-2-6-15(18)17(13)14/h7-10,13-14H,1-6H2. The van der Waals surface area contributed by atoms with Crippen molar-refractivity contribution in [1.82, 2.24) is 4.90 Å². The van der Waals surface area contributed by atoms with Gasteiger partial charge in [0.25, 0.3) is 0 Å². The van der Waals surface area contributed by atoms with Gasteiger partial charge in [0.2, 0.25) is 5.91 Å². The van der Waals surface area contributed by atoms with Crippen molar-refractivity contribution in [3.63, 3.8) is 0 Å². The summed E-state index contributed by atoms with van der Waals surface area (Å²) in [5.41, 5.74) is 1.08. The lowest BCUT2D eigenvalue weighted by molar-refractivity contribution is -0.142. The Labute approximate surface area is 107 Å². The fourth-order valence-electron chi connectivity index (χ4n) is 3.37. The van der Waals surface area contributed by atoms with Gasteiger partial charge >= 0.3 is 0 Å². The summed E-state index contributed by atoms with van der Waals surface area (Å²) >= 11 is 0. The molecule has 18 heavy (non-hydrogen) atoms. The van der Waals surface area contributed by atoms with Crippen molar-refractivity contribution in [3.05, 3.63) is 35.6 Å². The van der Waals surface area contributed by atoms with Crippen molar-refractivity contribution >= 4 is 5.91 Å². The summed E-state index contributed by atoms with van der Waals surface area (Å²) in [5, 5.41) is 0. The minimum Gasteiger partial charge on any atom is -0.333 e. The molecule has 2 nitrogen and oxygen atoms in total. The van der Waals surface area contributed by atoms with Gasteiger partial charge in [0, 0.05) is 12.5 Å². The molecule has 3 rings (SSSR count). The van der Waals surface area contributed by atoms with E-state index in [0.29, 0.717) is 12.5 Å². The molecule has 1 amide bonds. The van der Waals surface area contributed by atoms with Crippen LogP contribution in [-0.4, -0.2) is 16.8 Å². The first-order valence-electron chi connectivity index (χ1n) is 6.82. The molecule has 2 unspecified atom stereocenters. The molecule has 96 valence electrons. The molecule has 2 fully saturated rings. The van der Waals surface area contributed by atoms with Gasteiger partial charge in [-0.05, 0) is 49.8 Å². The minimum absolute atomic E-state index is 0.164. The van der Waals surface area contributed by atoms with Crippen LogP contribution in [0.15, 0.2) is 24.3 Å². The lowest BCUT2D eigenvalue weighted by Crippen LogP contribution is -2.48. The summed E-state index contributed by atoms with van der Waals surface area (Å²) in [7, 11) is 0. The van der Waals surface area contributed by atoms with Crippen LogP contribution in [0.25, 0.3) is 0 Å². The highest BCUT2D eigenvalue weighted by Crippen LogP contribution is 2.38. The molecular weight excluding hydrogens is 229 g/mol. The van der Waals surface area contributed by atoms with Gasteiger partial charge in [0.15, 0.2) is 0 Å². The number of rotatable bonds is 1. The number of hydrogen-bond acceptors (Lipinski definition) is 1. The third-order valence-corrected chi connectivity index (χ3v) is 4.21. The molecular formula is C15H18FNO. The number of fused-ring (bicyclic) bond motifs is 1. The van der Waals surface area contributed by atoms with E-state index in [1.54, 1.807) is 0 Å². The van der Waals surface area contributed by atoms with E-state index in [2.05, 4.69) is 4.90 Å². The monoisotopic (exact) mass is 247 g/mol. The molecule has 0 aromatic heterocycles. The summed E-state index contributed by atoms with van der Waals surface area (Å²) in [5.74, 6) is 0.0661. The lowest BCUT2D eigenvalue weighted by Gasteiger charge is -2.45. The maximum Gasteiger partial charge on any atom is 0.223 e. The molecule has 0 radical (unpaired) electrons. The molecule has 2 heterocycles. The highest BCUT2D eigenvalue weighted by Gasteiger charge is 2.36. The molecule has 1 aromatic carbocycles. The number of carbonyl (C=O) groups excluding carboxylic acids is 1. The molecule has 2 atom stereocenters. The first kappa shape index (κ1) is 11.7. The summed E-state index contributed by atoms with van der Waals surface area (Å²) in [4.78, 5) is 14.2. The zero-order chi connectivity index (χ0) is 12.5. The topological polar surface area (TPSA) is 20.3 Å². The highest BCUT2D eigenvalue weighted by molar-refractivity contribution is 5.78. The summed E-state index contributed by atoms with van der Waals surface area (Å²) in [6.45, 7) is 0. The number of piperidine rings is 2. The van der Waals surface area contributed by atoms with Crippen LogP contribution in [0.5, 0.6) is 0 Å². The Hall–Kier alpha value is -1.38. The average Bonchev–Trinajstić information content (AvgIpc) is 2.39. The van der Waals surface area contributed by atoms with Crippen molar-refractivity contribution in [3.8, 4) is 0 Å². The van der Waals surface area contributed by atoms with Crippen LogP contribution in [0.2, 0.25) is 0 Å². The van der Waals surface area contributed by atoms with E-state index < -0.39 is 0 Å². The molecule has 2 aliphatic heterocycles. The number of carbonyl (C=O) groups is 1. The summed E-state index contributed by atoms with van der Waals surface area (Å²) < 4.78 is 13.0. The zero-order valence-corrected chi connectivity index (χ0v) is 10.4. The average molecular weight is 247 g/mol. The van der Waals surface area contributed by atoms with Crippen molar-refractivity contribution in [2.45, 2.75) is 50.6 Å². The molecule has 0 spiro atoms. The maximum atomic E-state index is 13.0. The Balaban J connectivity index is 1.89. The van der Waals surface area contributed by atoms with Crippen LogP contribution in [-0.2, 0) is 4.79 Å². The normalized spacial score (nSPS) is 28.1. The van der Waals surface area contributed by atoms with E-state index in [1.807, 2.05) is 12.1 Å². The first-order chi connectivity index (χ1) is 8.75. The smallest absolute Gasteiger partial charge is 0.223 e. The molecule has 1 aromatic rings. The van der Waals surface area contributed by atoms with Crippen molar-refractivity contribution in [2.75, 3.05) is 0 Å². The van der Waals surface area contributed by atoms with E-state index in [1.165, 1.54) is 12.1 Å². The van der Waals surface area contributed by atoms with Crippen LogP contribution in [0, 0.1) is 5.82 Å². The highest BCUT2D eigenvalue weighted by atomic mass is 19.1. The van der Waals surface area contributed by atoms with Crippen LogP contribution in [0.1, 0.15) is 50.1 Å². The summed E-state index contributed by atoms with van der Waals surface area (Å²) in [6, 6.07) is 7.21. The Morgan fingerprint density at radius 2 is 1.78 bits per heavy atom. The fraction of sp³-hybridized carbons (Fsp3) is 0.533. The SMILES string of the molecule is O=C1CCCC2CCCC(c3ccc(F)cc3)N12. The van der Waals surface area contributed by atoms with Crippen LogP contribution in [0.4, 0.5) is 4.39 Å². The lowest BCUT2D eigenvalue weighted by atomic mass is 9.86. The van der Waals surface area contributed by atoms with Crippen LogP contribution in [0.3, 0.4) is 0 Å². The molecule has 3 heteroatoms. The van der Waals surface area contributed by atoms with E-state index in [9.17, 15) is 9.18 Å². The van der Waals surface area contributed by atoms with Gasteiger partial charge in [-0.1, -0.05) is 12.1 Å². The third-order valence-electron chi connectivity index (χ3n) is 4.21. The predicted molar refractivity (Wildman–Crippen MR) is 67.5 cm³/mol. The second-order valence-corrected chi connectivity index (χ2v) is 5.35. The molecule has 0 aliphatic carbocycles. The van der Waals surface area contributed by atoms with Gasteiger partial charge in [0.1, 0.15) is 5.82 Å². The Bertz CT molecular complexity index is 440. The quantitative estimate of drug-likeness (QED) is 0.744. The van der Waals surface area contributed by atoms with Crippen molar-refractivity contribution in [1.29, 1.82) is 0 Å². The number of benzene rings is 1. The van der Waals surface area contributed by atoms with Crippen molar-refractivity contribution < 1.29 is 9.18 Å². The van der Waals surface area contributed by atoms with Gasteiger partial charge in [0.05, 0.1) is 6.04 Å². The number of halogens is 1. The molecule has 0 saturated carbocycles. The van der Waals surface area contributed by atoms with E-state index >= 15 is 0 Å². The molecule has 0 N–H and O–H groups in total. The minimum atomic E-state index is -0.212. The predicted octanol–water partition coefficient (Wildman–Crippen LogP) is 3.43. The Morgan fingerprint density at radius 3 is 2.56 bits per heavy atom. The largest absolute Gasteiger partial charge is 0.333 e. The van der Waals surface area contributed by atoms with E-state index in [0.717, 1.165) is 37.7 Å². The van der Waals surface area contributed by atoms with Crippen LogP contribution < -0.4 is 0 Å². The molecule has 2 saturated heterocycles. The number of hydrogen-bond donors (Lipinski definition) is 0. The van der Waals surface area contributed by atoms with Gasteiger partial charge in [-0.2, -0.15) is 0 Å².